The maximum absolute atomic E-state index is 13.6. The summed E-state index contributed by atoms with van der Waals surface area (Å²) in [6, 6.07) is 11.1. The minimum atomic E-state index is -0.780. The van der Waals surface area contributed by atoms with Crippen LogP contribution in [0.15, 0.2) is 53.6 Å². The molecule has 0 unspecified atom stereocenters. The van der Waals surface area contributed by atoms with Gasteiger partial charge in [0.1, 0.15) is 11.6 Å². The molecule has 0 spiro atoms. The molecule has 0 aliphatic carbocycles. The number of rotatable bonds is 6. The summed E-state index contributed by atoms with van der Waals surface area (Å²) < 4.78 is 28.7. The highest BCUT2D eigenvalue weighted by atomic mass is 32.2. The van der Waals surface area contributed by atoms with Gasteiger partial charge in [-0.25, -0.2) is 8.78 Å². The number of carbonyl (C=O) groups is 1. The number of hydrogen-bond acceptors (Lipinski definition) is 2. The number of thioether (sulfide) groups is 1. The Morgan fingerprint density at radius 1 is 1.20 bits per heavy atom. The van der Waals surface area contributed by atoms with Gasteiger partial charge in [0.2, 0.25) is 5.91 Å². The summed E-state index contributed by atoms with van der Waals surface area (Å²) in [6.45, 7) is 3.03. The molecular formula is C19H18F2N2OS. The summed E-state index contributed by atoms with van der Waals surface area (Å²) in [5.41, 5.74) is 1.12. The van der Waals surface area contributed by atoms with Gasteiger partial charge in [0, 0.05) is 34.6 Å². The van der Waals surface area contributed by atoms with Gasteiger partial charge < -0.3 is 9.88 Å². The molecule has 0 radical (unpaired) electrons. The van der Waals surface area contributed by atoms with Gasteiger partial charge in [-0.1, -0.05) is 25.1 Å². The van der Waals surface area contributed by atoms with Crippen molar-refractivity contribution in [3.05, 3.63) is 60.3 Å². The topological polar surface area (TPSA) is 34.0 Å². The number of hydrogen-bond donors (Lipinski definition) is 1. The predicted molar refractivity (Wildman–Crippen MR) is 97.9 cm³/mol. The molecule has 0 bridgehead atoms. The van der Waals surface area contributed by atoms with E-state index in [1.165, 1.54) is 17.8 Å². The van der Waals surface area contributed by atoms with Crippen LogP contribution in [0.1, 0.15) is 13.3 Å². The number of benzene rings is 2. The van der Waals surface area contributed by atoms with Crippen molar-refractivity contribution in [2.75, 3.05) is 11.1 Å². The van der Waals surface area contributed by atoms with Crippen molar-refractivity contribution >= 4 is 34.3 Å². The molecule has 0 saturated carbocycles. The van der Waals surface area contributed by atoms with E-state index < -0.39 is 11.6 Å². The predicted octanol–water partition coefficient (Wildman–Crippen LogP) is 5.06. The SMILES string of the molecule is CCCn1cc(SCC(=O)Nc2ccc(F)cc2F)c2ccccc21. The molecule has 6 heteroatoms. The third-order valence-electron chi connectivity index (χ3n) is 3.78. The van der Waals surface area contributed by atoms with Crippen LogP contribution in [-0.2, 0) is 11.3 Å². The van der Waals surface area contributed by atoms with E-state index in [0.29, 0.717) is 0 Å². The van der Waals surface area contributed by atoms with E-state index >= 15 is 0 Å². The Bertz CT molecular complexity index is 908. The van der Waals surface area contributed by atoms with Gasteiger partial charge in [-0.15, -0.1) is 11.8 Å². The number of fused-ring (bicyclic) bond motifs is 1. The number of aryl methyl sites for hydroxylation is 1. The molecule has 3 nitrogen and oxygen atoms in total. The van der Waals surface area contributed by atoms with Crippen molar-refractivity contribution in [1.29, 1.82) is 0 Å². The van der Waals surface area contributed by atoms with E-state index in [4.69, 9.17) is 0 Å². The summed E-state index contributed by atoms with van der Waals surface area (Å²) in [6.07, 6.45) is 3.07. The van der Waals surface area contributed by atoms with Gasteiger partial charge in [0.05, 0.1) is 11.4 Å². The van der Waals surface area contributed by atoms with Crippen molar-refractivity contribution in [3.8, 4) is 0 Å². The number of nitrogens with zero attached hydrogens (tertiary/aromatic N) is 1. The molecule has 0 aliphatic heterocycles. The second-order valence-corrected chi connectivity index (χ2v) is 6.68. The zero-order valence-corrected chi connectivity index (χ0v) is 14.6. The summed E-state index contributed by atoms with van der Waals surface area (Å²) in [7, 11) is 0. The zero-order valence-electron chi connectivity index (χ0n) is 13.8. The Kier molecular flexibility index (Phi) is 5.38. The van der Waals surface area contributed by atoms with Crippen molar-refractivity contribution in [3.63, 3.8) is 0 Å². The highest BCUT2D eigenvalue weighted by Gasteiger charge is 2.12. The van der Waals surface area contributed by atoms with Crippen molar-refractivity contribution < 1.29 is 13.6 Å². The fourth-order valence-corrected chi connectivity index (χ4v) is 3.56. The number of nitrogens with one attached hydrogen (secondary N) is 1. The Morgan fingerprint density at radius 3 is 2.76 bits per heavy atom. The lowest BCUT2D eigenvalue weighted by molar-refractivity contribution is -0.113. The molecule has 3 rings (SSSR count). The molecule has 0 fully saturated rings. The van der Waals surface area contributed by atoms with Gasteiger partial charge in [-0.3, -0.25) is 4.79 Å². The number of anilines is 1. The van der Waals surface area contributed by atoms with Crippen LogP contribution in [0.2, 0.25) is 0 Å². The van der Waals surface area contributed by atoms with Crippen LogP contribution >= 0.6 is 11.8 Å². The normalized spacial score (nSPS) is 11.0. The van der Waals surface area contributed by atoms with Gasteiger partial charge in [0.15, 0.2) is 0 Å². The van der Waals surface area contributed by atoms with E-state index in [1.807, 2.05) is 24.4 Å². The maximum Gasteiger partial charge on any atom is 0.234 e. The number of amides is 1. The molecule has 3 aromatic rings. The van der Waals surface area contributed by atoms with Crippen LogP contribution in [0.4, 0.5) is 14.5 Å². The maximum atomic E-state index is 13.6. The number of aromatic nitrogens is 1. The third-order valence-corrected chi connectivity index (χ3v) is 4.82. The van der Waals surface area contributed by atoms with E-state index in [9.17, 15) is 13.6 Å². The molecule has 0 aliphatic rings. The lowest BCUT2D eigenvalue weighted by Gasteiger charge is -2.06. The van der Waals surface area contributed by atoms with Gasteiger partial charge >= 0.3 is 0 Å². The first kappa shape index (κ1) is 17.5. The van der Waals surface area contributed by atoms with E-state index in [0.717, 1.165) is 40.9 Å². The largest absolute Gasteiger partial charge is 0.346 e. The quantitative estimate of drug-likeness (QED) is 0.624. The molecule has 0 saturated heterocycles. The smallest absolute Gasteiger partial charge is 0.234 e. The average Bonchev–Trinajstić information content (AvgIpc) is 2.94. The molecule has 130 valence electrons. The lowest BCUT2D eigenvalue weighted by atomic mass is 10.2. The second kappa shape index (κ2) is 7.70. The third kappa shape index (κ3) is 4.02. The van der Waals surface area contributed by atoms with Crippen LogP contribution < -0.4 is 5.32 Å². The highest BCUT2D eigenvalue weighted by molar-refractivity contribution is 8.00. The first-order chi connectivity index (χ1) is 12.1. The van der Waals surface area contributed by atoms with Crippen LogP contribution in [0.3, 0.4) is 0 Å². The monoisotopic (exact) mass is 360 g/mol. The Morgan fingerprint density at radius 2 is 2.00 bits per heavy atom. The first-order valence-electron chi connectivity index (χ1n) is 8.04. The van der Waals surface area contributed by atoms with Crippen molar-refractivity contribution in [2.24, 2.45) is 0 Å². The Balaban J connectivity index is 1.71. The number of carbonyl (C=O) groups excluding carboxylic acids is 1. The van der Waals surface area contributed by atoms with Crippen LogP contribution in [0, 0.1) is 11.6 Å². The van der Waals surface area contributed by atoms with Crippen LogP contribution in [-0.4, -0.2) is 16.2 Å². The second-order valence-electron chi connectivity index (χ2n) is 5.66. The molecule has 1 N–H and O–H groups in total. The van der Waals surface area contributed by atoms with E-state index in [2.05, 4.69) is 22.9 Å². The highest BCUT2D eigenvalue weighted by Crippen LogP contribution is 2.30. The average molecular weight is 360 g/mol. The zero-order chi connectivity index (χ0) is 17.8. The van der Waals surface area contributed by atoms with Gasteiger partial charge in [-0.2, -0.15) is 0 Å². The van der Waals surface area contributed by atoms with Crippen molar-refractivity contribution in [2.45, 2.75) is 24.8 Å². The molecule has 1 amide bonds. The van der Waals surface area contributed by atoms with E-state index in [1.54, 1.807) is 0 Å². The van der Waals surface area contributed by atoms with Crippen LogP contribution in [0.5, 0.6) is 0 Å². The molecule has 0 atom stereocenters. The minimum absolute atomic E-state index is 0.0135. The first-order valence-corrected chi connectivity index (χ1v) is 9.02. The summed E-state index contributed by atoms with van der Waals surface area (Å²) in [5, 5.41) is 3.58. The Labute approximate surface area is 149 Å². The molecular weight excluding hydrogens is 342 g/mol. The summed E-state index contributed by atoms with van der Waals surface area (Å²) in [4.78, 5) is 13.1. The molecule has 1 heterocycles. The van der Waals surface area contributed by atoms with Gasteiger partial charge in [-0.05, 0) is 24.6 Å². The fourth-order valence-electron chi connectivity index (χ4n) is 2.67. The summed E-state index contributed by atoms with van der Waals surface area (Å²) in [5.74, 6) is -1.63. The van der Waals surface area contributed by atoms with Gasteiger partial charge in [0.25, 0.3) is 0 Å². The molecule has 1 aromatic heterocycles. The minimum Gasteiger partial charge on any atom is -0.346 e. The molecule has 2 aromatic carbocycles. The van der Waals surface area contributed by atoms with E-state index in [-0.39, 0.29) is 17.3 Å². The lowest BCUT2D eigenvalue weighted by Crippen LogP contribution is -2.15. The standard InChI is InChI=1S/C19H18F2N2OS/c1-2-9-23-11-18(14-5-3-4-6-17(14)23)25-12-19(24)22-16-8-7-13(20)10-15(16)21/h3-8,10-11H,2,9,12H2,1H3,(H,22,24). The number of halogens is 2. The Hall–Kier alpha value is -2.34. The van der Waals surface area contributed by atoms with Crippen molar-refractivity contribution in [1.82, 2.24) is 4.57 Å². The summed E-state index contributed by atoms with van der Waals surface area (Å²) >= 11 is 1.40. The number of para-hydroxylation sites is 1. The van der Waals surface area contributed by atoms with Crippen LogP contribution in [0.25, 0.3) is 10.9 Å². The molecule has 25 heavy (non-hydrogen) atoms. The fraction of sp³-hybridized carbons (Fsp3) is 0.211.